The van der Waals surface area contributed by atoms with Crippen molar-refractivity contribution in [1.82, 2.24) is 0 Å². The first-order chi connectivity index (χ1) is 9.29. The number of ether oxygens (including phenoxy) is 1. The van der Waals surface area contributed by atoms with Crippen LogP contribution in [-0.4, -0.2) is 6.61 Å². The van der Waals surface area contributed by atoms with Gasteiger partial charge < -0.3 is 4.74 Å². The van der Waals surface area contributed by atoms with Crippen molar-refractivity contribution in [1.29, 1.82) is 0 Å². The minimum atomic E-state index is 0.642. The first-order valence-electron chi connectivity index (χ1n) is 8.02. The fourth-order valence-corrected chi connectivity index (χ4v) is 3.08. The third-order valence-corrected chi connectivity index (χ3v) is 4.36. The summed E-state index contributed by atoms with van der Waals surface area (Å²) < 4.78 is 6.01. The summed E-state index contributed by atoms with van der Waals surface area (Å²) >= 11 is 0. The van der Waals surface area contributed by atoms with E-state index < -0.39 is 0 Å². The molecule has 1 aromatic rings. The highest BCUT2D eigenvalue weighted by Crippen LogP contribution is 2.27. The lowest BCUT2D eigenvalue weighted by atomic mass is 9.90. The molecule has 1 fully saturated rings. The second kappa shape index (κ2) is 7.57. The van der Waals surface area contributed by atoms with Crippen LogP contribution in [-0.2, 0) is 0 Å². The molecule has 1 aliphatic rings. The van der Waals surface area contributed by atoms with E-state index in [1.54, 1.807) is 0 Å². The van der Waals surface area contributed by atoms with Gasteiger partial charge >= 0.3 is 0 Å². The standard InChI is InChI=1S/C18H28O/c1-3-8-15(2)17-11-7-12-18(13-17)19-14-16-9-5-4-6-10-16/h7,11-13,15-16H,3-6,8-10,14H2,1-2H3. The molecule has 0 aromatic heterocycles. The van der Waals surface area contributed by atoms with Crippen LogP contribution in [0.25, 0.3) is 0 Å². The molecule has 0 aliphatic heterocycles. The first-order valence-corrected chi connectivity index (χ1v) is 8.02. The Labute approximate surface area is 118 Å². The average molecular weight is 260 g/mol. The summed E-state index contributed by atoms with van der Waals surface area (Å²) in [5, 5.41) is 0. The van der Waals surface area contributed by atoms with Crippen LogP contribution < -0.4 is 4.74 Å². The highest BCUT2D eigenvalue weighted by atomic mass is 16.5. The number of benzene rings is 1. The maximum atomic E-state index is 6.01. The van der Waals surface area contributed by atoms with E-state index in [0.717, 1.165) is 18.3 Å². The van der Waals surface area contributed by atoms with Crippen LogP contribution in [0, 0.1) is 5.92 Å². The summed E-state index contributed by atoms with van der Waals surface area (Å²) in [6.07, 6.45) is 9.40. The molecule has 0 spiro atoms. The Bertz CT molecular complexity index is 366. The predicted molar refractivity (Wildman–Crippen MR) is 81.8 cm³/mol. The smallest absolute Gasteiger partial charge is 0.119 e. The van der Waals surface area contributed by atoms with E-state index in [2.05, 4.69) is 38.1 Å². The number of hydrogen-bond donors (Lipinski definition) is 0. The Hall–Kier alpha value is -0.980. The van der Waals surface area contributed by atoms with Gasteiger partial charge in [0, 0.05) is 0 Å². The van der Waals surface area contributed by atoms with Gasteiger partial charge in [0.2, 0.25) is 0 Å². The second-order valence-electron chi connectivity index (χ2n) is 6.08. The highest BCUT2D eigenvalue weighted by Gasteiger charge is 2.14. The van der Waals surface area contributed by atoms with Gasteiger partial charge in [0.05, 0.1) is 6.61 Å². The van der Waals surface area contributed by atoms with E-state index in [0.29, 0.717) is 5.92 Å². The maximum Gasteiger partial charge on any atom is 0.119 e. The predicted octanol–water partition coefficient (Wildman–Crippen LogP) is 5.55. The van der Waals surface area contributed by atoms with Gasteiger partial charge in [0.15, 0.2) is 0 Å². The van der Waals surface area contributed by atoms with Crippen LogP contribution in [0.4, 0.5) is 0 Å². The van der Waals surface area contributed by atoms with E-state index in [-0.39, 0.29) is 0 Å². The lowest BCUT2D eigenvalue weighted by molar-refractivity contribution is 0.208. The first kappa shape index (κ1) is 14.4. The molecule has 0 amide bonds. The molecule has 106 valence electrons. The summed E-state index contributed by atoms with van der Waals surface area (Å²) in [4.78, 5) is 0. The summed E-state index contributed by atoms with van der Waals surface area (Å²) in [6, 6.07) is 8.71. The fraction of sp³-hybridized carbons (Fsp3) is 0.667. The quantitative estimate of drug-likeness (QED) is 0.651. The van der Waals surface area contributed by atoms with Crippen molar-refractivity contribution < 1.29 is 4.74 Å². The lowest BCUT2D eigenvalue weighted by Crippen LogP contribution is -2.15. The molecule has 2 rings (SSSR count). The summed E-state index contributed by atoms with van der Waals surface area (Å²) in [7, 11) is 0. The summed E-state index contributed by atoms with van der Waals surface area (Å²) in [5.41, 5.74) is 1.42. The van der Waals surface area contributed by atoms with Crippen molar-refractivity contribution in [3.05, 3.63) is 29.8 Å². The van der Waals surface area contributed by atoms with Crippen LogP contribution in [0.3, 0.4) is 0 Å². The van der Waals surface area contributed by atoms with Gasteiger partial charge in [0.25, 0.3) is 0 Å². The van der Waals surface area contributed by atoms with Crippen molar-refractivity contribution in [3.8, 4) is 5.75 Å². The van der Waals surface area contributed by atoms with Crippen LogP contribution in [0.15, 0.2) is 24.3 Å². The Kier molecular flexibility index (Phi) is 5.75. The molecule has 0 bridgehead atoms. The van der Waals surface area contributed by atoms with Crippen molar-refractivity contribution in [2.75, 3.05) is 6.61 Å². The Balaban J connectivity index is 1.87. The maximum absolute atomic E-state index is 6.01. The SMILES string of the molecule is CCCC(C)c1cccc(OCC2CCCCC2)c1. The lowest BCUT2D eigenvalue weighted by Gasteiger charge is -2.22. The van der Waals surface area contributed by atoms with Crippen molar-refractivity contribution >= 4 is 0 Å². The van der Waals surface area contributed by atoms with Gasteiger partial charge in [-0.3, -0.25) is 0 Å². The third kappa shape index (κ3) is 4.56. The topological polar surface area (TPSA) is 9.23 Å². The van der Waals surface area contributed by atoms with Gasteiger partial charge in [-0.1, -0.05) is 51.7 Å². The van der Waals surface area contributed by atoms with Crippen molar-refractivity contribution in [2.24, 2.45) is 5.92 Å². The minimum Gasteiger partial charge on any atom is -0.493 e. The molecular weight excluding hydrogens is 232 g/mol. The molecule has 1 aliphatic carbocycles. The fourth-order valence-electron chi connectivity index (χ4n) is 3.08. The molecule has 1 aromatic carbocycles. The van der Waals surface area contributed by atoms with Crippen LogP contribution in [0.1, 0.15) is 70.3 Å². The van der Waals surface area contributed by atoms with Crippen LogP contribution in [0.2, 0.25) is 0 Å². The number of rotatable bonds is 6. The summed E-state index contributed by atoms with van der Waals surface area (Å²) in [6.45, 7) is 5.47. The van der Waals surface area contributed by atoms with E-state index >= 15 is 0 Å². The Morgan fingerprint density at radius 2 is 2.00 bits per heavy atom. The minimum absolute atomic E-state index is 0.642. The van der Waals surface area contributed by atoms with Gasteiger partial charge in [0.1, 0.15) is 5.75 Å². The van der Waals surface area contributed by atoms with Gasteiger partial charge in [-0.05, 0) is 48.8 Å². The zero-order valence-electron chi connectivity index (χ0n) is 12.5. The van der Waals surface area contributed by atoms with Crippen LogP contribution >= 0.6 is 0 Å². The van der Waals surface area contributed by atoms with E-state index in [1.165, 1.54) is 50.5 Å². The van der Waals surface area contributed by atoms with Crippen molar-refractivity contribution in [3.63, 3.8) is 0 Å². The molecule has 1 saturated carbocycles. The zero-order chi connectivity index (χ0) is 13.5. The molecule has 19 heavy (non-hydrogen) atoms. The van der Waals surface area contributed by atoms with Gasteiger partial charge in [-0.25, -0.2) is 0 Å². The molecule has 1 atom stereocenters. The molecule has 1 nitrogen and oxygen atoms in total. The summed E-state index contributed by atoms with van der Waals surface area (Å²) in [5.74, 6) is 2.49. The highest BCUT2D eigenvalue weighted by molar-refractivity contribution is 5.30. The molecule has 0 radical (unpaired) electrons. The second-order valence-corrected chi connectivity index (χ2v) is 6.08. The number of hydrogen-bond acceptors (Lipinski definition) is 1. The average Bonchev–Trinajstić information content (AvgIpc) is 2.47. The van der Waals surface area contributed by atoms with Gasteiger partial charge in [-0.15, -0.1) is 0 Å². The molecule has 1 unspecified atom stereocenters. The van der Waals surface area contributed by atoms with Gasteiger partial charge in [-0.2, -0.15) is 0 Å². The molecular formula is C18H28O. The Morgan fingerprint density at radius 1 is 1.21 bits per heavy atom. The monoisotopic (exact) mass is 260 g/mol. The van der Waals surface area contributed by atoms with E-state index in [4.69, 9.17) is 4.74 Å². The zero-order valence-corrected chi connectivity index (χ0v) is 12.5. The van der Waals surface area contributed by atoms with E-state index in [9.17, 15) is 0 Å². The molecule has 1 heteroatoms. The molecule has 0 saturated heterocycles. The van der Waals surface area contributed by atoms with Crippen molar-refractivity contribution in [2.45, 2.75) is 64.7 Å². The largest absolute Gasteiger partial charge is 0.493 e. The normalized spacial score (nSPS) is 18.2. The van der Waals surface area contributed by atoms with E-state index in [1.807, 2.05) is 0 Å². The molecule has 0 heterocycles. The Morgan fingerprint density at radius 3 is 2.74 bits per heavy atom. The van der Waals surface area contributed by atoms with Crippen LogP contribution in [0.5, 0.6) is 5.75 Å². The molecule has 0 N–H and O–H groups in total. The third-order valence-electron chi connectivity index (χ3n) is 4.36.